The predicted octanol–water partition coefficient (Wildman–Crippen LogP) is 3.70. The molecule has 1 aliphatic heterocycles. The number of cyclic esters (lactones) is 1. The van der Waals surface area contributed by atoms with Crippen molar-refractivity contribution in [3.05, 3.63) is 35.5 Å². The van der Waals surface area contributed by atoms with Crippen molar-refractivity contribution in [3.63, 3.8) is 0 Å². The minimum absolute atomic E-state index is 0.0898. The fraction of sp³-hybridized carbons (Fsp3) is 0.312. The number of pyridine rings is 2. The zero-order valence-electron chi connectivity index (χ0n) is 14.4. The highest BCUT2D eigenvalue weighted by atomic mass is 19.4. The van der Waals surface area contributed by atoms with Gasteiger partial charge in [-0.3, -0.25) is 5.32 Å². The number of rotatable bonds is 4. The van der Waals surface area contributed by atoms with E-state index in [0.717, 1.165) is 12.3 Å². The molecular formula is C16H13F6N5O2. The molecule has 156 valence electrons. The van der Waals surface area contributed by atoms with E-state index in [4.69, 9.17) is 5.73 Å². The number of ether oxygens (including phenoxy) is 1. The van der Waals surface area contributed by atoms with Crippen LogP contribution in [-0.4, -0.2) is 35.3 Å². The first-order valence-electron chi connectivity index (χ1n) is 8.07. The van der Waals surface area contributed by atoms with E-state index < -0.39 is 47.2 Å². The molecule has 0 radical (unpaired) electrons. The van der Waals surface area contributed by atoms with Crippen molar-refractivity contribution in [1.29, 1.82) is 0 Å². The highest BCUT2D eigenvalue weighted by Gasteiger charge is 2.49. The largest absolute Gasteiger partial charge is 0.431 e. The third-order valence-corrected chi connectivity index (χ3v) is 3.87. The maximum atomic E-state index is 13.4. The molecular weight excluding hydrogens is 408 g/mol. The normalized spacial score (nSPS) is 16.7. The number of nitrogens with one attached hydrogen (secondary N) is 2. The predicted molar refractivity (Wildman–Crippen MR) is 88.9 cm³/mol. The van der Waals surface area contributed by atoms with E-state index in [1.807, 2.05) is 5.32 Å². The molecule has 13 heteroatoms. The lowest BCUT2D eigenvalue weighted by Gasteiger charge is -2.28. The van der Waals surface area contributed by atoms with Gasteiger partial charge in [-0.2, -0.15) is 26.3 Å². The summed E-state index contributed by atoms with van der Waals surface area (Å²) in [4.78, 5) is 19.1. The number of hydrogen-bond acceptors (Lipinski definition) is 6. The van der Waals surface area contributed by atoms with Crippen LogP contribution in [0, 0.1) is 0 Å². The van der Waals surface area contributed by atoms with Crippen molar-refractivity contribution in [2.45, 2.75) is 18.5 Å². The number of carbonyl (C=O) groups is 1. The monoisotopic (exact) mass is 421 g/mol. The van der Waals surface area contributed by atoms with Crippen LogP contribution in [0.1, 0.15) is 17.2 Å². The summed E-state index contributed by atoms with van der Waals surface area (Å²) in [6.07, 6.45) is -12.9. The quantitative estimate of drug-likeness (QED) is 0.651. The second-order valence-corrected chi connectivity index (χ2v) is 5.91. The van der Waals surface area contributed by atoms with Gasteiger partial charge in [0.15, 0.2) is 0 Å². The number of amides is 1. The van der Waals surface area contributed by atoms with E-state index in [2.05, 4.69) is 20.0 Å². The van der Waals surface area contributed by atoms with Gasteiger partial charge >= 0.3 is 18.4 Å². The third-order valence-electron chi connectivity index (χ3n) is 3.87. The lowest BCUT2D eigenvalue weighted by Crippen LogP contribution is -2.34. The molecule has 1 aliphatic rings. The molecule has 1 atom stereocenters. The molecule has 0 aliphatic carbocycles. The van der Waals surface area contributed by atoms with Crippen LogP contribution in [-0.2, 0) is 10.9 Å². The van der Waals surface area contributed by atoms with Gasteiger partial charge in [0.2, 0.25) is 6.10 Å². The number of anilines is 2. The van der Waals surface area contributed by atoms with Crippen LogP contribution < -0.4 is 16.4 Å². The number of nitrogens with two attached hydrogens (primary N) is 1. The van der Waals surface area contributed by atoms with E-state index in [-0.39, 0.29) is 24.5 Å². The molecule has 29 heavy (non-hydrogen) atoms. The summed E-state index contributed by atoms with van der Waals surface area (Å²) in [5.41, 5.74) is 2.82. The summed E-state index contributed by atoms with van der Waals surface area (Å²) < 4.78 is 84.5. The average Bonchev–Trinajstić information content (AvgIpc) is 2.63. The smallest absolute Gasteiger partial charge is 0.430 e. The molecule has 2 aromatic heterocycles. The second kappa shape index (κ2) is 7.39. The number of hydrogen-bond donors (Lipinski definition) is 3. The van der Waals surface area contributed by atoms with Crippen molar-refractivity contribution in [3.8, 4) is 11.3 Å². The highest BCUT2D eigenvalue weighted by molar-refractivity contribution is 5.89. The highest BCUT2D eigenvalue weighted by Crippen LogP contribution is 2.45. The van der Waals surface area contributed by atoms with Crippen molar-refractivity contribution in [2.24, 2.45) is 5.73 Å². The van der Waals surface area contributed by atoms with Crippen LogP contribution in [0.3, 0.4) is 0 Å². The zero-order chi connectivity index (χ0) is 21.4. The van der Waals surface area contributed by atoms with Gasteiger partial charge in [0.1, 0.15) is 11.6 Å². The van der Waals surface area contributed by atoms with Crippen LogP contribution in [0.5, 0.6) is 0 Å². The Kier molecular flexibility index (Phi) is 5.26. The molecule has 7 nitrogen and oxygen atoms in total. The third kappa shape index (κ3) is 4.34. The average molecular weight is 421 g/mol. The van der Waals surface area contributed by atoms with Gasteiger partial charge in [-0.1, -0.05) is 0 Å². The van der Waals surface area contributed by atoms with Crippen LogP contribution >= 0.6 is 0 Å². The van der Waals surface area contributed by atoms with Crippen LogP contribution in [0.2, 0.25) is 0 Å². The summed E-state index contributed by atoms with van der Waals surface area (Å²) in [5, 5.41) is 4.58. The first kappa shape index (κ1) is 20.6. The molecule has 2 aromatic rings. The van der Waals surface area contributed by atoms with Crippen molar-refractivity contribution in [2.75, 3.05) is 23.7 Å². The van der Waals surface area contributed by atoms with Crippen LogP contribution in [0.25, 0.3) is 11.3 Å². The Labute approximate surface area is 159 Å². The molecule has 1 unspecified atom stereocenters. The van der Waals surface area contributed by atoms with Gasteiger partial charge in [0.05, 0.1) is 16.8 Å². The van der Waals surface area contributed by atoms with Gasteiger partial charge < -0.3 is 15.8 Å². The number of fused-ring (bicyclic) bond motifs is 1. The maximum Gasteiger partial charge on any atom is 0.430 e. The molecule has 3 rings (SSSR count). The topological polar surface area (TPSA) is 102 Å². The molecule has 0 fully saturated rings. The number of carbonyl (C=O) groups excluding carboxylic acids is 1. The molecule has 0 bridgehead atoms. The van der Waals surface area contributed by atoms with Crippen molar-refractivity contribution >= 4 is 17.7 Å². The summed E-state index contributed by atoms with van der Waals surface area (Å²) in [6, 6.07) is 2.38. The first-order chi connectivity index (χ1) is 13.5. The number of aromatic nitrogens is 2. The molecule has 0 aromatic carbocycles. The molecule has 0 spiro atoms. The summed E-state index contributed by atoms with van der Waals surface area (Å²) >= 11 is 0. The van der Waals surface area contributed by atoms with E-state index in [9.17, 15) is 31.1 Å². The van der Waals surface area contributed by atoms with Gasteiger partial charge in [-0.15, -0.1) is 0 Å². The van der Waals surface area contributed by atoms with Gasteiger partial charge in [0.25, 0.3) is 0 Å². The van der Waals surface area contributed by atoms with E-state index >= 15 is 0 Å². The van der Waals surface area contributed by atoms with Gasteiger partial charge in [-0.25, -0.2) is 14.8 Å². The SMILES string of the molecule is NCCNc1cc(C(F)(F)F)cc(-c2ccnc3c2C(C(F)(F)F)OC(=O)N3)n1. The maximum absolute atomic E-state index is 13.4. The molecule has 0 saturated heterocycles. The fourth-order valence-electron chi connectivity index (χ4n) is 2.71. The number of alkyl halides is 6. The molecule has 0 saturated carbocycles. The Morgan fingerprint density at radius 2 is 1.93 bits per heavy atom. The lowest BCUT2D eigenvalue weighted by molar-refractivity contribution is -0.206. The first-order valence-corrected chi connectivity index (χ1v) is 8.07. The van der Waals surface area contributed by atoms with Gasteiger partial charge in [-0.05, 0) is 18.2 Å². The van der Waals surface area contributed by atoms with Crippen LogP contribution in [0.4, 0.5) is 42.8 Å². The van der Waals surface area contributed by atoms with E-state index in [1.54, 1.807) is 0 Å². The van der Waals surface area contributed by atoms with E-state index in [0.29, 0.717) is 12.1 Å². The summed E-state index contributed by atoms with van der Waals surface area (Å²) in [5.74, 6) is -0.702. The number of halogens is 6. The van der Waals surface area contributed by atoms with Crippen molar-refractivity contribution < 1.29 is 35.9 Å². The molecule has 3 heterocycles. The Morgan fingerprint density at radius 3 is 2.55 bits per heavy atom. The molecule has 4 N–H and O–H groups in total. The van der Waals surface area contributed by atoms with Crippen LogP contribution in [0.15, 0.2) is 24.4 Å². The fourth-order valence-corrected chi connectivity index (χ4v) is 2.71. The Bertz CT molecular complexity index is 931. The Morgan fingerprint density at radius 1 is 1.21 bits per heavy atom. The Balaban J connectivity index is 2.21. The minimum atomic E-state index is -5.02. The molecule has 1 amide bonds. The Hall–Kier alpha value is -3.09. The summed E-state index contributed by atoms with van der Waals surface area (Å²) in [7, 11) is 0. The standard InChI is InChI=1S/C16H13F6N5O2/c17-15(18,19)7-5-9(26-10(6-7)24-4-2-23)8-1-3-25-13-11(8)12(16(20,21)22)29-14(28)27-13/h1,3,5-6,12H,2,4,23H2,(H,24,26)(H,25,27,28). The lowest BCUT2D eigenvalue weighted by atomic mass is 9.98. The minimum Gasteiger partial charge on any atom is -0.431 e. The second-order valence-electron chi connectivity index (χ2n) is 5.91. The van der Waals surface area contributed by atoms with Gasteiger partial charge in [0, 0.05) is 24.8 Å². The van der Waals surface area contributed by atoms with E-state index in [1.165, 1.54) is 0 Å². The zero-order valence-corrected chi connectivity index (χ0v) is 14.4. The summed E-state index contributed by atoms with van der Waals surface area (Å²) in [6.45, 7) is 0.181. The van der Waals surface area contributed by atoms with Crippen molar-refractivity contribution in [1.82, 2.24) is 9.97 Å². The number of nitrogens with zero attached hydrogens (tertiary/aromatic N) is 2.